The second-order valence-electron chi connectivity index (χ2n) is 2.94. The molecule has 0 saturated heterocycles. The van der Waals surface area contributed by atoms with Gasteiger partial charge >= 0.3 is 0 Å². The fourth-order valence-corrected chi connectivity index (χ4v) is 1.52. The minimum absolute atomic E-state index is 0.176. The third-order valence-electron chi connectivity index (χ3n) is 1.54. The van der Waals surface area contributed by atoms with Gasteiger partial charge in [-0.3, -0.25) is 4.79 Å². The lowest BCUT2D eigenvalue weighted by Crippen LogP contribution is -2.17. The molecule has 1 aromatic heterocycles. The molecule has 0 radical (unpaired) electrons. The minimum atomic E-state index is -0.464. The number of nitrogens with two attached hydrogens (primary N) is 1. The molecule has 3 N–H and O–H groups in total. The normalized spacial score (nSPS) is 12.8. The molecule has 1 rings (SSSR count). The van der Waals surface area contributed by atoms with Gasteiger partial charge in [-0.1, -0.05) is 0 Å². The fourth-order valence-electron chi connectivity index (χ4n) is 1.03. The second kappa shape index (κ2) is 3.93. The zero-order chi connectivity index (χ0) is 10.0. The summed E-state index contributed by atoms with van der Waals surface area (Å²) in [6.45, 7) is 2.09. The maximum atomic E-state index is 11.2. The Kier molecular flexibility index (Phi) is 3.11. The van der Waals surface area contributed by atoms with Crippen LogP contribution in [0.2, 0.25) is 0 Å². The van der Waals surface area contributed by atoms with Gasteiger partial charge in [-0.05, 0) is 22.9 Å². The van der Waals surface area contributed by atoms with Gasteiger partial charge in [0, 0.05) is 18.9 Å². The van der Waals surface area contributed by atoms with E-state index >= 15 is 0 Å². The Balaban J connectivity index is 3.06. The highest BCUT2D eigenvalue weighted by Crippen LogP contribution is 2.06. The van der Waals surface area contributed by atoms with Crippen LogP contribution in [0.25, 0.3) is 0 Å². The summed E-state index contributed by atoms with van der Waals surface area (Å²) < 4.78 is 2.08. The lowest BCUT2D eigenvalue weighted by atomic mass is 10.3. The van der Waals surface area contributed by atoms with Gasteiger partial charge in [-0.2, -0.15) is 0 Å². The van der Waals surface area contributed by atoms with Gasteiger partial charge in [0.15, 0.2) is 0 Å². The average Bonchev–Trinajstić information content (AvgIpc) is 1.98. The Morgan fingerprint density at radius 2 is 2.31 bits per heavy atom. The van der Waals surface area contributed by atoms with E-state index in [9.17, 15) is 4.79 Å². The maximum absolute atomic E-state index is 11.2. The molecule has 1 aromatic rings. The fraction of sp³-hybridized carbons (Fsp3) is 0.375. The number of nitrogens with zero attached hydrogens (tertiary/aromatic N) is 1. The van der Waals surface area contributed by atoms with Crippen LogP contribution in [0.1, 0.15) is 6.92 Å². The number of pyridine rings is 1. The van der Waals surface area contributed by atoms with E-state index in [0.29, 0.717) is 11.0 Å². The van der Waals surface area contributed by atoms with Crippen LogP contribution in [-0.4, -0.2) is 15.8 Å². The predicted octanol–water partition coefficient (Wildman–Crippen LogP) is 0.574. The molecule has 0 aliphatic heterocycles. The smallest absolute Gasteiger partial charge is 0.218 e. The van der Waals surface area contributed by atoms with E-state index in [-0.39, 0.29) is 11.1 Å². The second-order valence-corrected chi connectivity index (χ2v) is 3.79. The van der Waals surface area contributed by atoms with E-state index < -0.39 is 6.10 Å². The number of anilines is 1. The number of hydrogen-bond acceptors (Lipinski definition) is 3. The number of aliphatic hydroxyl groups excluding tert-OH is 1. The zero-order valence-corrected chi connectivity index (χ0v) is 8.78. The highest BCUT2D eigenvalue weighted by atomic mass is 79.9. The summed E-state index contributed by atoms with van der Waals surface area (Å²) in [5, 5.41) is 9.10. The van der Waals surface area contributed by atoms with Gasteiger partial charge in [-0.25, -0.2) is 0 Å². The van der Waals surface area contributed by atoms with Gasteiger partial charge < -0.3 is 15.4 Å². The van der Waals surface area contributed by atoms with Crippen LogP contribution < -0.4 is 11.2 Å². The van der Waals surface area contributed by atoms with E-state index in [4.69, 9.17) is 10.8 Å². The molecular formula is C8H11BrN2O2. The van der Waals surface area contributed by atoms with E-state index in [1.54, 1.807) is 17.7 Å². The standard InChI is InChI=1S/C8H11BrN2O2/c1-5(12)2-11-3-6(9)8(13)7(10)4-11/h3-5,12H,2,10H2,1H3. The summed E-state index contributed by atoms with van der Waals surface area (Å²) in [7, 11) is 0. The average molecular weight is 247 g/mol. The minimum Gasteiger partial charge on any atom is -0.394 e. The molecule has 0 aliphatic carbocycles. The maximum Gasteiger partial charge on any atom is 0.218 e. The first-order valence-electron chi connectivity index (χ1n) is 3.84. The first kappa shape index (κ1) is 10.3. The molecule has 13 heavy (non-hydrogen) atoms. The summed E-state index contributed by atoms with van der Waals surface area (Å²) in [4.78, 5) is 11.2. The summed E-state index contributed by atoms with van der Waals surface area (Å²) >= 11 is 3.09. The number of rotatable bonds is 2. The first-order valence-corrected chi connectivity index (χ1v) is 4.63. The van der Waals surface area contributed by atoms with Crippen LogP contribution in [0, 0.1) is 0 Å². The highest BCUT2D eigenvalue weighted by molar-refractivity contribution is 9.10. The lowest BCUT2D eigenvalue weighted by Gasteiger charge is -2.09. The van der Waals surface area contributed by atoms with Gasteiger partial charge in [0.05, 0.1) is 16.3 Å². The molecule has 0 saturated carbocycles. The number of hydrogen-bond donors (Lipinski definition) is 2. The van der Waals surface area contributed by atoms with Crippen molar-refractivity contribution in [1.29, 1.82) is 0 Å². The number of halogens is 1. The van der Waals surface area contributed by atoms with Crippen LogP contribution in [0.15, 0.2) is 21.7 Å². The van der Waals surface area contributed by atoms with Crippen LogP contribution in [0.4, 0.5) is 5.69 Å². The monoisotopic (exact) mass is 246 g/mol. The first-order chi connectivity index (χ1) is 6.00. The van der Waals surface area contributed by atoms with E-state index in [1.807, 2.05) is 0 Å². The van der Waals surface area contributed by atoms with E-state index in [1.165, 1.54) is 6.20 Å². The van der Waals surface area contributed by atoms with Crippen LogP contribution in [-0.2, 0) is 6.54 Å². The molecule has 0 spiro atoms. The largest absolute Gasteiger partial charge is 0.394 e. The van der Waals surface area contributed by atoms with Crippen molar-refractivity contribution >= 4 is 21.6 Å². The van der Waals surface area contributed by atoms with Crippen molar-refractivity contribution < 1.29 is 5.11 Å². The summed E-state index contributed by atoms with van der Waals surface area (Å²) in [5.41, 5.74) is 5.41. The van der Waals surface area contributed by atoms with Crippen molar-refractivity contribution in [3.8, 4) is 0 Å². The quantitative estimate of drug-likeness (QED) is 0.802. The Bertz CT molecular complexity index is 333. The molecule has 4 nitrogen and oxygen atoms in total. The van der Waals surface area contributed by atoms with Crippen LogP contribution >= 0.6 is 15.9 Å². The van der Waals surface area contributed by atoms with Gasteiger partial charge in [0.2, 0.25) is 5.43 Å². The Morgan fingerprint density at radius 3 is 2.77 bits per heavy atom. The highest BCUT2D eigenvalue weighted by Gasteiger charge is 2.03. The van der Waals surface area contributed by atoms with Crippen molar-refractivity contribution in [2.24, 2.45) is 0 Å². The van der Waals surface area contributed by atoms with E-state index in [0.717, 1.165) is 0 Å². The third kappa shape index (κ3) is 2.57. The molecule has 72 valence electrons. The molecular weight excluding hydrogens is 236 g/mol. The molecule has 0 amide bonds. The number of aliphatic hydroxyl groups is 1. The molecule has 0 bridgehead atoms. The Hall–Kier alpha value is -0.810. The molecule has 0 aliphatic rings. The van der Waals surface area contributed by atoms with Crippen molar-refractivity contribution in [3.05, 3.63) is 27.1 Å². The molecule has 0 aromatic carbocycles. The Labute approximate surface area is 84.1 Å². The van der Waals surface area contributed by atoms with Crippen molar-refractivity contribution in [3.63, 3.8) is 0 Å². The third-order valence-corrected chi connectivity index (χ3v) is 2.10. The molecule has 0 fully saturated rings. The molecule has 1 atom stereocenters. The SMILES string of the molecule is CC(O)Cn1cc(N)c(=O)c(Br)c1. The van der Waals surface area contributed by atoms with Crippen molar-refractivity contribution in [2.75, 3.05) is 5.73 Å². The summed E-state index contributed by atoms with van der Waals surface area (Å²) in [6, 6.07) is 0. The van der Waals surface area contributed by atoms with Gasteiger partial charge in [-0.15, -0.1) is 0 Å². The predicted molar refractivity (Wildman–Crippen MR) is 54.5 cm³/mol. The van der Waals surface area contributed by atoms with E-state index in [2.05, 4.69) is 15.9 Å². The number of nitrogen functional groups attached to an aromatic ring is 1. The molecule has 1 heterocycles. The molecule has 1 unspecified atom stereocenters. The topological polar surface area (TPSA) is 68.2 Å². The van der Waals surface area contributed by atoms with Crippen molar-refractivity contribution in [1.82, 2.24) is 4.57 Å². The molecule has 5 heteroatoms. The van der Waals surface area contributed by atoms with Crippen molar-refractivity contribution in [2.45, 2.75) is 19.6 Å². The summed E-state index contributed by atoms with van der Waals surface area (Å²) in [5.74, 6) is 0. The van der Waals surface area contributed by atoms with Gasteiger partial charge in [0.1, 0.15) is 0 Å². The van der Waals surface area contributed by atoms with Crippen LogP contribution in [0.5, 0.6) is 0 Å². The Morgan fingerprint density at radius 1 is 1.69 bits per heavy atom. The lowest BCUT2D eigenvalue weighted by molar-refractivity contribution is 0.173. The number of aromatic nitrogens is 1. The zero-order valence-electron chi connectivity index (χ0n) is 7.20. The van der Waals surface area contributed by atoms with Crippen LogP contribution in [0.3, 0.4) is 0 Å². The van der Waals surface area contributed by atoms with Gasteiger partial charge in [0.25, 0.3) is 0 Å². The summed E-state index contributed by atoms with van der Waals surface area (Å²) in [6.07, 6.45) is 2.65.